The van der Waals surface area contributed by atoms with Crippen LogP contribution in [0.15, 0.2) is 58.4 Å². The van der Waals surface area contributed by atoms with Crippen LogP contribution in [-0.4, -0.2) is 36.3 Å². The maximum Gasteiger partial charge on any atom is 0.266 e. The van der Waals surface area contributed by atoms with Gasteiger partial charge in [-0.15, -0.1) is 11.3 Å². The zero-order valence-corrected chi connectivity index (χ0v) is 19.6. The van der Waals surface area contributed by atoms with Crippen LogP contribution in [0, 0.1) is 11.6 Å². The molecule has 0 aliphatic carbocycles. The highest BCUT2D eigenvalue weighted by atomic mass is 35.5. The molecule has 1 aliphatic heterocycles. The van der Waals surface area contributed by atoms with Crippen molar-refractivity contribution in [2.75, 3.05) is 17.8 Å². The summed E-state index contributed by atoms with van der Waals surface area (Å²) in [6.07, 6.45) is 1.60. The number of hydrogen-bond donors (Lipinski definition) is 2. The van der Waals surface area contributed by atoms with Gasteiger partial charge in [-0.25, -0.2) is 22.2 Å². The lowest BCUT2D eigenvalue weighted by Crippen LogP contribution is -2.44. The number of benzene rings is 2. The van der Waals surface area contributed by atoms with E-state index in [9.17, 15) is 17.2 Å². The molecular formula is C21H16ClF2N5O3S2. The summed E-state index contributed by atoms with van der Waals surface area (Å²) < 4.78 is 63.9. The number of nitrogens with zero attached hydrogens (tertiary/aromatic N) is 3. The van der Waals surface area contributed by atoms with Gasteiger partial charge in [0.15, 0.2) is 5.82 Å². The van der Waals surface area contributed by atoms with Gasteiger partial charge < -0.3 is 10.1 Å². The maximum absolute atomic E-state index is 14.9. The van der Waals surface area contributed by atoms with E-state index < -0.39 is 26.6 Å². The average Bonchev–Trinajstić information content (AvgIpc) is 3.42. The maximum atomic E-state index is 14.9. The topological polar surface area (TPSA) is 98.1 Å². The Kier molecular flexibility index (Phi) is 5.98. The molecular weight excluding hydrogens is 508 g/mol. The van der Waals surface area contributed by atoms with Crippen LogP contribution in [0.5, 0.6) is 11.5 Å². The van der Waals surface area contributed by atoms with Gasteiger partial charge in [0.1, 0.15) is 28.0 Å². The van der Waals surface area contributed by atoms with Crippen molar-refractivity contribution in [1.29, 1.82) is 0 Å². The van der Waals surface area contributed by atoms with Crippen molar-refractivity contribution < 1.29 is 21.9 Å². The van der Waals surface area contributed by atoms with Crippen molar-refractivity contribution in [3.63, 3.8) is 0 Å². The lowest BCUT2D eigenvalue weighted by atomic mass is 10.1. The minimum absolute atomic E-state index is 0.0649. The Labute approximate surface area is 202 Å². The fourth-order valence-electron chi connectivity index (χ4n) is 3.42. The first-order valence-electron chi connectivity index (χ1n) is 9.94. The normalized spacial score (nSPS) is 14.1. The summed E-state index contributed by atoms with van der Waals surface area (Å²) in [7, 11) is -4.27. The quantitative estimate of drug-likeness (QED) is 0.365. The molecule has 0 atom stereocenters. The SMILES string of the molecule is O=S(=O)(Nc1cscn1)c1cc(Cl)c(Oc2ccc(F)cc2-c2ccnn2C2CNC2)cc1F. The Balaban J connectivity index is 1.49. The Morgan fingerprint density at radius 1 is 1.18 bits per heavy atom. The Morgan fingerprint density at radius 2 is 2.00 bits per heavy atom. The average molecular weight is 524 g/mol. The molecule has 0 bridgehead atoms. The first-order chi connectivity index (χ1) is 16.3. The van der Waals surface area contributed by atoms with Gasteiger partial charge in [-0.1, -0.05) is 11.6 Å². The molecule has 3 heterocycles. The summed E-state index contributed by atoms with van der Waals surface area (Å²) in [6.45, 7) is 1.45. The van der Waals surface area contributed by atoms with E-state index in [0.717, 1.165) is 25.2 Å². The summed E-state index contributed by atoms with van der Waals surface area (Å²) in [5.41, 5.74) is 2.44. The van der Waals surface area contributed by atoms with Gasteiger partial charge in [-0.05, 0) is 30.3 Å². The number of nitrogens with one attached hydrogen (secondary N) is 2. The molecule has 2 aromatic carbocycles. The molecule has 0 saturated carbocycles. The standard InChI is InChI=1S/C21H16ClF2N5O3S2/c22-15-6-20(34(30,31)28-21-10-33-11-26-21)16(24)7-19(15)32-18-2-1-12(23)5-14(18)17-3-4-27-29(17)13-8-25-9-13/h1-7,10-11,13,25,28H,8-9H2. The van der Waals surface area contributed by atoms with Crippen LogP contribution in [0.2, 0.25) is 5.02 Å². The van der Waals surface area contributed by atoms with Gasteiger partial charge in [0.25, 0.3) is 10.0 Å². The molecule has 2 N–H and O–H groups in total. The predicted octanol–water partition coefficient (Wildman–Crippen LogP) is 4.68. The third-order valence-corrected chi connectivity index (χ3v) is 7.41. The van der Waals surface area contributed by atoms with E-state index >= 15 is 0 Å². The van der Waals surface area contributed by atoms with E-state index in [1.165, 1.54) is 40.4 Å². The number of ether oxygens (including phenoxy) is 1. The summed E-state index contributed by atoms with van der Waals surface area (Å²) >= 11 is 7.44. The van der Waals surface area contributed by atoms with Crippen LogP contribution in [0.25, 0.3) is 11.3 Å². The number of thiazole rings is 1. The first kappa shape index (κ1) is 22.7. The molecule has 4 aromatic rings. The lowest BCUT2D eigenvalue weighted by molar-refractivity contribution is 0.321. The molecule has 1 aliphatic rings. The van der Waals surface area contributed by atoms with Gasteiger partial charge in [0.2, 0.25) is 0 Å². The zero-order valence-electron chi connectivity index (χ0n) is 17.2. The van der Waals surface area contributed by atoms with Gasteiger partial charge in [-0.3, -0.25) is 9.40 Å². The molecule has 176 valence electrons. The van der Waals surface area contributed by atoms with Crippen molar-refractivity contribution in [3.05, 3.63) is 70.1 Å². The highest BCUT2D eigenvalue weighted by Crippen LogP contribution is 2.39. The van der Waals surface area contributed by atoms with E-state index in [1.54, 1.807) is 16.9 Å². The smallest absolute Gasteiger partial charge is 0.266 e. The number of sulfonamides is 1. The van der Waals surface area contributed by atoms with E-state index in [-0.39, 0.29) is 28.4 Å². The second-order valence-corrected chi connectivity index (χ2v) is 10.2. The number of halogens is 3. The molecule has 5 rings (SSSR count). The van der Waals surface area contributed by atoms with Crippen LogP contribution in [0.4, 0.5) is 14.6 Å². The molecule has 0 amide bonds. The first-order valence-corrected chi connectivity index (χ1v) is 12.7. The summed E-state index contributed by atoms with van der Waals surface area (Å²) in [5.74, 6) is -1.43. The fraction of sp³-hybridized carbons (Fsp3) is 0.143. The third kappa shape index (κ3) is 4.37. The Morgan fingerprint density at radius 3 is 2.71 bits per heavy atom. The van der Waals surface area contributed by atoms with E-state index in [4.69, 9.17) is 16.3 Å². The highest BCUT2D eigenvalue weighted by molar-refractivity contribution is 7.92. The minimum atomic E-state index is -4.27. The zero-order chi connectivity index (χ0) is 23.9. The lowest BCUT2D eigenvalue weighted by Gasteiger charge is -2.29. The van der Waals surface area contributed by atoms with Crippen molar-refractivity contribution in [2.24, 2.45) is 0 Å². The second kappa shape index (κ2) is 8.95. The number of rotatable bonds is 7. The van der Waals surface area contributed by atoms with Crippen molar-refractivity contribution in [1.82, 2.24) is 20.1 Å². The summed E-state index contributed by atoms with van der Waals surface area (Å²) in [5, 5.41) is 8.80. The van der Waals surface area contributed by atoms with Gasteiger partial charge in [-0.2, -0.15) is 5.10 Å². The Bertz CT molecular complexity index is 1460. The number of hydrogen-bond acceptors (Lipinski definition) is 7. The highest BCUT2D eigenvalue weighted by Gasteiger charge is 2.26. The van der Waals surface area contributed by atoms with Crippen molar-refractivity contribution in [3.8, 4) is 22.8 Å². The van der Waals surface area contributed by atoms with Crippen molar-refractivity contribution in [2.45, 2.75) is 10.9 Å². The fourth-order valence-corrected chi connectivity index (χ4v) is 5.34. The Hall–Kier alpha value is -3.06. The van der Waals surface area contributed by atoms with Gasteiger partial charge >= 0.3 is 0 Å². The number of anilines is 1. The van der Waals surface area contributed by atoms with E-state index in [0.29, 0.717) is 11.3 Å². The largest absolute Gasteiger partial charge is 0.455 e. The molecule has 0 spiro atoms. The molecule has 2 aromatic heterocycles. The van der Waals surface area contributed by atoms with Crippen LogP contribution >= 0.6 is 22.9 Å². The minimum Gasteiger partial charge on any atom is -0.455 e. The molecule has 0 radical (unpaired) electrons. The summed E-state index contributed by atoms with van der Waals surface area (Å²) in [6, 6.07) is 7.54. The number of aromatic nitrogens is 3. The van der Waals surface area contributed by atoms with Gasteiger partial charge in [0, 0.05) is 36.3 Å². The van der Waals surface area contributed by atoms with Crippen molar-refractivity contribution >= 4 is 38.8 Å². The van der Waals surface area contributed by atoms with E-state index in [1.807, 2.05) is 0 Å². The molecule has 0 unspecified atom stereocenters. The summed E-state index contributed by atoms with van der Waals surface area (Å²) in [4.78, 5) is 3.17. The van der Waals surface area contributed by atoms with E-state index in [2.05, 4.69) is 20.1 Å². The monoisotopic (exact) mass is 523 g/mol. The predicted molar refractivity (Wildman–Crippen MR) is 124 cm³/mol. The van der Waals surface area contributed by atoms with Crippen LogP contribution in [-0.2, 0) is 10.0 Å². The second-order valence-electron chi connectivity index (χ2n) is 7.41. The van der Waals surface area contributed by atoms with Crippen LogP contribution < -0.4 is 14.8 Å². The third-order valence-electron chi connectivity index (χ3n) is 5.16. The van der Waals surface area contributed by atoms with Gasteiger partial charge in [0.05, 0.1) is 22.3 Å². The van der Waals surface area contributed by atoms with Crippen LogP contribution in [0.3, 0.4) is 0 Å². The molecule has 34 heavy (non-hydrogen) atoms. The molecule has 13 heteroatoms. The molecule has 8 nitrogen and oxygen atoms in total. The molecule has 1 fully saturated rings. The van der Waals surface area contributed by atoms with Crippen LogP contribution in [0.1, 0.15) is 6.04 Å². The molecule has 1 saturated heterocycles.